The molecule has 1 aliphatic heterocycles. The molecule has 0 spiro atoms. The Kier molecular flexibility index (Phi) is 11.3. The van der Waals surface area contributed by atoms with Crippen molar-refractivity contribution in [1.29, 1.82) is 0 Å². The maximum Gasteiger partial charge on any atom is 0.266 e. The van der Waals surface area contributed by atoms with Gasteiger partial charge in [0.1, 0.15) is 5.75 Å². The lowest BCUT2D eigenvalue weighted by Gasteiger charge is -2.32. The molecule has 0 bridgehead atoms. The summed E-state index contributed by atoms with van der Waals surface area (Å²) in [6, 6.07) is 29.7. The Morgan fingerprint density at radius 1 is 1.04 bits per heavy atom. The van der Waals surface area contributed by atoms with Crippen molar-refractivity contribution in [2.24, 2.45) is 10.1 Å². The van der Waals surface area contributed by atoms with E-state index in [9.17, 15) is 4.79 Å². The highest BCUT2D eigenvalue weighted by Gasteiger charge is 2.54. The lowest BCUT2D eigenvalue weighted by Crippen LogP contribution is -2.53. The smallest absolute Gasteiger partial charge is 0.266 e. The minimum Gasteiger partial charge on any atom is -0.494 e. The van der Waals surface area contributed by atoms with Gasteiger partial charge in [-0.15, -0.1) is 0 Å². The van der Waals surface area contributed by atoms with Crippen molar-refractivity contribution in [3.8, 4) is 5.75 Å². The summed E-state index contributed by atoms with van der Waals surface area (Å²) < 4.78 is 13.2. The van der Waals surface area contributed by atoms with E-state index in [2.05, 4.69) is 36.8 Å². The molecule has 0 aromatic heterocycles. The molecule has 0 unspecified atom stereocenters. The number of amides is 1. The standard InChI is InChI=1S/C34H32BrClN6O4/c35-30-9-4-2-6-25(30)20-34(33(44)41-38-21-23-10-14-27(36)15-11-23)31(29-8-3-1-7-26(29)22-39-42-37)46-32(40-34)24-12-16-28(17-13-24)45-19-5-18-43/h1-4,6-17,31,38,43H,5,18-22H2,(H,41,44)/t31-,34-/m0/s1. The minimum absolute atomic E-state index is 0.0432. The van der Waals surface area contributed by atoms with E-state index < -0.39 is 17.6 Å². The highest BCUT2D eigenvalue weighted by Crippen LogP contribution is 2.44. The maximum absolute atomic E-state index is 14.5. The molecule has 0 radical (unpaired) electrons. The van der Waals surface area contributed by atoms with Gasteiger partial charge < -0.3 is 14.6 Å². The zero-order valence-electron chi connectivity index (χ0n) is 24.8. The van der Waals surface area contributed by atoms with Crippen molar-refractivity contribution >= 4 is 39.3 Å². The van der Waals surface area contributed by atoms with Crippen LogP contribution in [0.2, 0.25) is 5.02 Å². The lowest BCUT2D eigenvalue weighted by molar-refractivity contribution is -0.130. The second kappa shape index (κ2) is 15.8. The highest BCUT2D eigenvalue weighted by atomic mass is 79.9. The SMILES string of the molecule is [N-]=[N+]=NCc1ccccc1[C@@H]1OC(c2ccc(OCCCO)cc2)=N[C@]1(Cc1ccccc1Br)C(=O)NNCc1ccc(Cl)cc1. The van der Waals surface area contributed by atoms with E-state index in [0.29, 0.717) is 47.0 Å². The lowest BCUT2D eigenvalue weighted by atomic mass is 9.80. The molecule has 46 heavy (non-hydrogen) atoms. The third-order valence-electron chi connectivity index (χ3n) is 7.50. The summed E-state index contributed by atoms with van der Waals surface area (Å²) in [6.07, 6.45) is -0.166. The Morgan fingerprint density at radius 3 is 2.48 bits per heavy atom. The highest BCUT2D eigenvalue weighted by molar-refractivity contribution is 9.10. The summed E-state index contributed by atoms with van der Waals surface area (Å²) in [5.41, 5.74) is 17.4. The van der Waals surface area contributed by atoms with E-state index in [0.717, 1.165) is 15.6 Å². The van der Waals surface area contributed by atoms with E-state index in [1.807, 2.05) is 72.8 Å². The molecular formula is C34H32BrClN6O4. The monoisotopic (exact) mass is 702 g/mol. The van der Waals surface area contributed by atoms with E-state index in [4.69, 9.17) is 36.7 Å². The van der Waals surface area contributed by atoms with E-state index in [1.54, 1.807) is 24.3 Å². The molecular weight excluding hydrogens is 672 g/mol. The first kappa shape index (κ1) is 33.0. The number of carbonyl (C=O) groups is 1. The number of hydrogen-bond acceptors (Lipinski definition) is 7. The number of nitrogens with zero attached hydrogens (tertiary/aromatic N) is 4. The summed E-state index contributed by atoms with van der Waals surface area (Å²) in [5, 5.41) is 13.5. The summed E-state index contributed by atoms with van der Waals surface area (Å²) in [4.78, 5) is 22.5. The number of hydrazine groups is 1. The van der Waals surface area contributed by atoms with Crippen LogP contribution in [0.15, 0.2) is 112 Å². The van der Waals surface area contributed by atoms with Gasteiger partial charge in [0.2, 0.25) is 5.90 Å². The van der Waals surface area contributed by atoms with Crippen LogP contribution in [0, 0.1) is 0 Å². The quantitative estimate of drug-likeness (QED) is 0.0427. The number of aliphatic hydroxyl groups is 1. The Labute approximate surface area is 280 Å². The summed E-state index contributed by atoms with van der Waals surface area (Å²) in [5.74, 6) is 0.515. The second-order valence-electron chi connectivity index (χ2n) is 10.6. The molecule has 4 aromatic carbocycles. The average Bonchev–Trinajstić information content (AvgIpc) is 3.46. The zero-order chi connectivity index (χ0) is 32.4. The normalized spacial score (nSPS) is 17.0. The molecule has 1 aliphatic rings. The molecule has 5 rings (SSSR count). The second-order valence-corrected chi connectivity index (χ2v) is 11.9. The molecule has 0 saturated heterocycles. The first-order valence-electron chi connectivity index (χ1n) is 14.6. The summed E-state index contributed by atoms with van der Waals surface area (Å²) in [6.45, 7) is 0.849. The van der Waals surface area contributed by atoms with Crippen molar-refractivity contribution in [2.45, 2.75) is 37.6 Å². The van der Waals surface area contributed by atoms with Gasteiger partial charge >= 0.3 is 0 Å². The van der Waals surface area contributed by atoms with Crippen molar-refractivity contribution in [3.05, 3.63) is 145 Å². The van der Waals surface area contributed by atoms with Crippen LogP contribution in [0.25, 0.3) is 10.4 Å². The van der Waals surface area contributed by atoms with Gasteiger partial charge in [0, 0.05) is 46.0 Å². The van der Waals surface area contributed by atoms with E-state index >= 15 is 0 Å². The maximum atomic E-state index is 14.5. The molecule has 12 heteroatoms. The average molecular weight is 704 g/mol. The fourth-order valence-corrected chi connectivity index (χ4v) is 5.72. The van der Waals surface area contributed by atoms with Crippen LogP contribution < -0.4 is 15.6 Å². The van der Waals surface area contributed by atoms with Crippen LogP contribution in [-0.4, -0.2) is 35.7 Å². The van der Waals surface area contributed by atoms with Crippen LogP contribution in [-0.2, 0) is 29.0 Å². The van der Waals surface area contributed by atoms with E-state index in [-0.39, 0.29) is 25.5 Å². The van der Waals surface area contributed by atoms with Crippen molar-refractivity contribution < 1.29 is 19.4 Å². The molecule has 3 N–H and O–H groups in total. The number of benzene rings is 4. The fraction of sp³-hybridized carbons (Fsp3) is 0.235. The summed E-state index contributed by atoms with van der Waals surface area (Å²) in [7, 11) is 0. The Bertz CT molecular complexity index is 1730. The van der Waals surface area contributed by atoms with Crippen LogP contribution in [0.5, 0.6) is 5.75 Å². The van der Waals surface area contributed by atoms with Gasteiger partial charge in [-0.05, 0) is 70.2 Å². The number of aliphatic imine (C=N–C) groups is 1. The fourth-order valence-electron chi connectivity index (χ4n) is 5.17. The van der Waals surface area contributed by atoms with Gasteiger partial charge in [-0.1, -0.05) is 87.2 Å². The molecule has 4 aromatic rings. The van der Waals surface area contributed by atoms with Gasteiger partial charge in [-0.2, -0.15) is 0 Å². The molecule has 236 valence electrons. The van der Waals surface area contributed by atoms with Gasteiger partial charge in [0.05, 0.1) is 13.2 Å². The first-order chi connectivity index (χ1) is 22.4. The van der Waals surface area contributed by atoms with Gasteiger partial charge in [0.15, 0.2) is 11.6 Å². The number of azide groups is 1. The third kappa shape index (κ3) is 7.88. The molecule has 10 nitrogen and oxygen atoms in total. The van der Waals surface area contributed by atoms with Crippen molar-refractivity contribution in [2.75, 3.05) is 13.2 Å². The third-order valence-corrected chi connectivity index (χ3v) is 8.52. The number of carbonyl (C=O) groups excluding carboxylic acids is 1. The van der Waals surface area contributed by atoms with Gasteiger partial charge in [-0.3, -0.25) is 10.2 Å². The van der Waals surface area contributed by atoms with Gasteiger partial charge in [-0.25, -0.2) is 10.4 Å². The number of ether oxygens (including phenoxy) is 2. The molecule has 1 amide bonds. The molecule has 1 heterocycles. The molecule has 0 fully saturated rings. The Morgan fingerprint density at radius 2 is 1.76 bits per heavy atom. The minimum atomic E-state index is -1.48. The largest absolute Gasteiger partial charge is 0.494 e. The molecule has 2 atom stereocenters. The molecule has 0 aliphatic carbocycles. The van der Waals surface area contributed by atoms with Crippen LogP contribution in [0.4, 0.5) is 0 Å². The number of hydrogen-bond donors (Lipinski definition) is 3. The van der Waals surface area contributed by atoms with Crippen LogP contribution >= 0.6 is 27.5 Å². The number of aliphatic hydroxyl groups excluding tert-OH is 1. The van der Waals surface area contributed by atoms with Crippen molar-refractivity contribution in [3.63, 3.8) is 0 Å². The summed E-state index contributed by atoms with van der Waals surface area (Å²) >= 11 is 9.70. The first-order valence-corrected chi connectivity index (χ1v) is 15.8. The number of rotatable bonds is 14. The van der Waals surface area contributed by atoms with E-state index in [1.165, 1.54) is 0 Å². The topological polar surface area (TPSA) is 141 Å². The Balaban J connectivity index is 1.57. The number of nitrogens with one attached hydrogen (secondary N) is 2. The van der Waals surface area contributed by atoms with Crippen molar-refractivity contribution in [1.82, 2.24) is 10.9 Å². The number of halogens is 2. The Hall–Kier alpha value is -4.38. The zero-order valence-corrected chi connectivity index (χ0v) is 27.1. The predicted molar refractivity (Wildman–Crippen MR) is 180 cm³/mol. The van der Waals surface area contributed by atoms with Crippen LogP contribution in [0.3, 0.4) is 0 Å². The molecule has 0 saturated carbocycles. The predicted octanol–water partition coefficient (Wildman–Crippen LogP) is 6.99. The van der Waals surface area contributed by atoms with Crippen LogP contribution in [0.1, 0.15) is 40.3 Å². The van der Waals surface area contributed by atoms with Gasteiger partial charge in [0.25, 0.3) is 5.91 Å².